The third-order valence-corrected chi connectivity index (χ3v) is 4.29. The normalized spacial score (nSPS) is 11.0. The summed E-state index contributed by atoms with van der Waals surface area (Å²) in [4.78, 5) is 27.2. The van der Waals surface area contributed by atoms with E-state index in [0.717, 1.165) is 21.7 Å². The van der Waals surface area contributed by atoms with Gasteiger partial charge in [0.1, 0.15) is 11.5 Å². The average Bonchev–Trinajstić information content (AvgIpc) is 3.17. The quantitative estimate of drug-likeness (QED) is 0.675. The fourth-order valence-electron chi connectivity index (χ4n) is 2.17. The molecule has 3 aromatic rings. The predicted octanol–water partition coefficient (Wildman–Crippen LogP) is 3.69. The molecule has 3 N–H and O–H groups in total. The fourth-order valence-corrected chi connectivity index (χ4v) is 2.89. The second kappa shape index (κ2) is 8.30. The van der Waals surface area contributed by atoms with E-state index in [9.17, 15) is 18.0 Å². The van der Waals surface area contributed by atoms with E-state index in [0.29, 0.717) is 17.2 Å². The SMILES string of the molecule is Cc1ccc(CN(C)C(=O)c2ccc3sc(N)nc3c2)o1.O=C(O)C(F)(F)F. The largest absolute Gasteiger partial charge is 0.490 e. The van der Waals surface area contributed by atoms with Crippen LogP contribution in [0.25, 0.3) is 10.2 Å². The van der Waals surface area contributed by atoms with Gasteiger partial charge in [0.05, 0.1) is 16.8 Å². The number of amides is 1. The van der Waals surface area contributed by atoms with Crippen LogP contribution in [0.4, 0.5) is 18.3 Å². The Kier molecular flexibility index (Phi) is 6.29. The van der Waals surface area contributed by atoms with Gasteiger partial charge in [-0.25, -0.2) is 9.78 Å². The van der Waals surface area contributed by atoms with Crippen LogP contribution < -0.4 is 5.73 Å². The van der Waals surface area contributed by atoms with Gasteiger partial charge in [-0.3, -0.25) is 4.79 Å². The number of carbonyl (C=O) groups excluding carboxylic acids is 1. The molecule has 0 unspecified atom stereocenters. The van der Waals surface area contributed by atoms with Crippen molar-refractivity contribution >= 4 is 38.6 Å². The lowest BCUT2D eigenvalue weighted by Gasteiger charge is -2.15. The lowest BCUT2D eigenvalue weighted by Crippen LogP contribution is -2.25. The molecule has 0 atom stereocenters. The zero-order valence-electron chi connectivity index (χ0n) is 14.8. The molecule has 0 saturated heterocycles. The molecule has 11 heteroatoms. The summed E-state index contributed by atoms with van der Waals surface area (Å²) >= 11 is 1.41. The van der Waals surface area contributed by atoms with Crippen LogP contribution in [-0.4, -0.2) is 40.1 Å². The number of aromatic nitrogens is 1. The van der Waals surface area contributed by atoms with Gasteiger partial charge in [-0.15, -0.1) is 0 Å². The van der Waals surface area contributed by atoms with Crippen molar-refractivity contribution in [2.75, 3.05) is 12.8 Å². The first-order valence-electron chi connectivity index (χ1n) is 7.74. The number of alkyl halides is 3. The molecule has 28 heavy (non-hydrogen) atoms. The molecule has 2 heterocycles. The number of carboxylic acids is 1. The number of halogens is 3. The number of furan rings is 1. The summed E-state index contributed by atoms with van der Waals surface area (Å²) in [5.74, 6) is -1.22. The highest BCUT2D eigenvalue weighted by molar-refractivity contribution is 7.22. The molecule has 2 aromatic heterocycles. The molecule has 0 bridgehead atoms. The van der Waals surface area contributed by atoms with Crippen LogP contribution in [-0.2, 0) is 11.3 Å². The number of aryl methyl sites for hydroxylation is 1. The molecule has 7 nitrogen and oxygen atoms in total. The summed E-state index contributed by atoms with van der Waals surface area (Å²) in [5.41, 5.74) is 7.03. The van der Waals surface area contributed by atoms with Gasteiger partial charge in [0.2, 0.25) is 0 Å². The molecular formula is C17H16F3N3O4S. The second-order valence-corrected chi connectivity index (χ2v) is 6.77. The first kappa shape index (κ1) is 21.2. The van der Waals surface area contributed by atoms with Gasteiger partial charge < -0.3 is 20.2 Å². The molecule has 0 aliphatic carbocycles. The molecule has 0 radical (unpaired) electrons. The number of hydrogen-bond acceptors (Lipinski definition) is 6. The molecule has 150 valence electrons. The first-order valence-corrected chi connectivity index (χ1v) is 8.56. The van der Waals surface area contributed by atoms with Crippen LogP contribution in [0.3, 0.4) is 0 Å². The van der Waals surface area contributed by atoms with E-state index in [4.69, 9.17) is 20.1 Å². The van der Waals surface area contributed by atoms with Crippen molar-refractivity contribution in [2.24, 2.45) is 0 Å². The molecule has 3 rings (SSSR count). The van der Waals surface area contributed by atoms with Crippen molar-refractivity contribution in [1.29, 1.82) is 0 Å². The number of hydrogen-bond donors (Lipinski definition) is 2. The highest BCUT2D eigenvalue weighted by Gasteiger charge is 2.38. The lowest BCUT2D eigenvalue weighted by molar-refractivity contribution is -0.192. The number of nitrogen functional groups attached to an aromatic ring is 1. The summed E-state index contributed by atoms with van der Waals surface area (Å²) in [5, 5.41) is 7.63. The van der Waals surface area contributed by atoms with E-state index in [2.05, 4.69) is 4.98 Å². The zero-order valence-corrected chi connectivity index (χ0v) is 15.6. The summed E-state index contributed by atoms with van der Waals surface area (Å²) in [6.45, 7) is 2.32. The van der Waals surface area contributed by atoms with Gasteiger partial charge in [-0.2, -0.15) is 13.2 Å². The van der Waals surface area contributed by atoms with Crippen LogP contribution in [0.1, 0.15) is 21.9 Å². The van der Waals surface area contributed by atoms with Gasteiger partial charge in [0, 0.05) is 12.6 Å². The number of nitrogens with two attached hydrogens (primary N) is 1. The highest BCUT2D eigenvalue weighted by Crippen LogP contribution is 2.25. The molecular weight excluding hydrogens is 399 g/mol. The zero-order chi connectivity index (χ0) is 21.1. The number of benzene rings is 1. The topological polar surface area (TPSA) is 110 Å². The maximum Gasteiger partial charge on any atom is 0.490 e. The molecule has 1 aromatic carbocycles. The van der Waals surface area contributed by atoms with Crippen molar-refractivity contribution in [3.63, 3.8) is 0 Å². The van der Waals surface area contributed by atoms with Crippen LogP contribution in [0, 0.1) is 6.92 Å². The summed E-state index contributed by atoms with van der Waals surface area (Å²) in [6.07, 6.45) is -5.08. The fraction of sp³-hybridized carbons (Fsp3) is 0.235. The van der Waals surface area contributed by atoms with Gasteiger partial charge >= 0.3 is 12.1 Å². The molecule has 0 fully saturated rings. The molecule has 0 saturated carbocycles. The van der Waals surface area contributed by atoms with E-state index in [1.807, 2.05) is 25.1 Å². The van der Waals surface area contributed by atoms with Crippen molar-refractivity contribution in [3.8, 4) is 0 Å². The predicted molar refractivity (Wildman–Crippen MR) is 97.0 cm³/mol. The van der Waals surface area contributed by atoms with Crippen molar-refractivity contribution in [2.45, 2.75) is 19.6 Å². The van der Waals surface area contributed by atoms with Gasteiger partial charge in [0.15, 0.2) is 5.13 Å². The lowest BCUT2D eigenvalue weighted by atomic mass is 10.2. The van der Waals surface area contributed by atoms with Gasteiger partial charge in [-0.05, 0) is 37.3 Å². The Labute approximate surface area is 161 Å². The Balaban J connectivity index is 0.000000345. The van der Waals surface area contributed by atoms with E-state index in [-0.39, 0.29) is 5.91 Å². The number of carboxylic acid groups (broad SMARTS) is 1. The minimum Gasteiger partial charge on any atom is -0.475 e. The molecule has 1 amide bonds. The molecule has 0 spiro atoms. The van der Waals surface area contributed by atoms with E-state index >= 15 is 0 Å². The summed E-state index contributed by atoms with van der Waals surface area (Å²) < 4.78 is 38.2. The maximum atomic E-state index is 12.4. The van der Waals surface area contributed by atoms with E-state index in [1.165, 1.54) is 11.3 Å². The minimum atomic E-state index is -5.08. The van der Waals surface area contributed by atoms with Crippen LogP contribution >= 0.6 is 11.3 Å². The average molecular weight is 415 g/mol. The Bertz CT molecular complexity index is 997. The van der Waals surface area contributed by atoms with Crippen LogP contribution in [0.2, 0.25) is 0 Å². The third kappa shape index (κ3) is 5.46. The summed E-state index contributed by atoms with van der Waals surface area (Å²) in [6, 6.07) is 9.21. The standard InChI is InChI=1S/C15H15N3O2S.C2HF3O2/c1-9-3-5-11(20-9)8-18(2)14(19)10-4-6-13-12(7-10)17-15(16)21-13;3-2(4,5)1(6)7/h3-7H,8H2,1-2H3,(H2,16,17);(H,6,7). The number of thiazole rings is 1. The Morgan fingerprint density at radius 3 is 2.46 bits per heavy atom. The number of anilines is 1. The molecule has 0 aliphatic rings. The van der Waals surface area contributed by atoms with Crippen molar-refractivity contribution in [3.05, 3.63) is 47.4 Å². The molecule has 0 aliphatic heterocycles. The van der Waals surface area contributed by atoms with Crippen molar-refractivity contribution in [1.82, 2.24) is 9.88 Å². The van der Waals surface area contributed by atoms with Gasteiger partial charge in [-0.1, -0.05) is 11.3 Å². The maximum absolute atomic E-state index is 12.4. The Morgan fingerprint density at radius 2 is 1.93 bits per heavy atom. The Morgan fingerprint density at radius 1 is 1.29 bits per heavy atom. The number of aliphatic carboxylic acids is 1. The second-order valence-electron chi connectivity index (χ2n) is 5.71. The number of carbonyl (C=O) groups is 2. The van der Waals surface area contributed by atoms with Crippen LogP contribution in [0.15, 0.2) is 34.7 Å². The third-order valence-electron chi connectivity index (χ3n) is 3.43. The monoisotopic (exact) mass is 415 g/mol. The van der Waals surface area contributed by atoms with E-state index < -0.39 is 12.1 Å². The van der Waals surface area contributed by atoms with Gasteiger partial charge in [0.25, 0.3) is 5.91 Å². The Hall–Kier alpha value is -3.08. The highest BCUT2D eigenvalue weighted by atomic mass is 32.1. The number of fused-ring (bicyclic) bond motifs is 1. The number of nitrogens with zero attached hydrogens (tertiary/aromatic N) is 2. The minimum absolute atomic E-state index is 0.0717. The smallest absolute Gasteiger partial charge is 0.475 e. The van der Waals surface area contributed by atoms with Crippen molar-refractivity contribution < 1.29 is 32.3 Å². The van der Waals surface area contributed by atoms with Crippen LogP contribution in [0.5, 0.6) is 0 Å². The first-order chi connectivity index (χ1) is 13.0. The van der Waals surface area contributed by atoms with E-state index in [1.54, 1.807) is 24.1 Å². The summed E-state index contributed by atoms with van der Waals surface area (Å²) in [7, 11) is 1.75. The number of rotatable bonds is 3.